The lowest BCUT2D eigenvalue weighted by Crippen LogP contribution is -2.54. The normalized spacial score (nSPS) is 15.7. The summed E-state index contributed by atoms with van der Waals surface area (Å²) in [6.07, 6.45) is 4.15. The van der Waals surface area contributed by atoms with E-state index in [1.54, 1.807) is 42.5 Å². The Morgan fingerprint density at radius 3 is 2.55 bits per heavy atom. The van der Waals surface area contributed by atoms with Crippen molar-refractivity contribution in [3.8, 4) is 5.75 Å². The molecular formula is C20H15N3O5S. The van der Waals surface area contributed by atoms with E-state index in [1.807, 2.05) is 0 Å². The van der Waals surface area contributed by atoms with E-state index in [0.29, 0.717) is 17.0 Å². The van der Waals surface area contributed by atoms with Gasteiger partial charge in [-0.1, -0.05) is 30.3 Å². The predicted octanol–water partition coefficient (Wildman–Crippen LogP) is 2.99. The Morgan fingerprint density at radius 2 is 1.83 bits per heavy atom. The van der Waals surface area contributed by atoms with E-state index in [1.165, 1.54) is 36.3 Å². The van der Waals surface area contributed by atoms with Crippen LogP contribution in [0.5, 0.6) is 5.75 Å². The third kappa shape index (κ3) is 4.04. The monoisotopic (exact) mass is 409 g/mol. The SMILES string of the molecule is COc1ccccc1N1C(=O)/C(=C/C=C/c2ccccc2[N+](=O)[O-])C(=O)NC1=S. The van der Waals surface area contributed by atoms with E-state index in [4.69, 9.17) is 17.0 Å². The topological polar surface area (TPSA) is 102 Å². The summed E-state index contributed by atoms with van der Waals surface area (Å²) in [6.45, 7) is 0. The number of carbonyl (C=O) groups excluding carboxylic acids is 2. The Bertz CT molecular complexity index is 1080. The third-order valence-electron chi connectivity index (χ3n) is 4.10. The van der Waals surface area contributed by atoms with Gasteiger partial charge in [-0.25, -0.2) is 4.90 Å². The Kier molecular flexibility index (Phi) is 5.79. The molecule has 9 heteroatoms. The summed E-state index contributed by atoms with van der Waals surface area (Å²) in [6, 6.07) is 12.9. The summed E-state index contributed by atoms with van der Waals surface area (Å²) in [4.78, 5) is 37.0. The zero-order valence-electron chi connectivity index (χ0n) is 15.2. The second kappa shape index (κ2) is 8.44. The molecule has 1 aliphatic rings. The maximum atomic E-state index is 12.9. The van der Waals surface area contributed by atoms with Crippen LogP contribution < -0.4 is 15.0 Å². The van der Waals surface area contributed by atoms with Gasteiger partial charge in [-0.2, -0.15) is 0 Å². The molecule has 2 amide bonds. The summed E-state index contributed by atoms with van der Waals surface area (Å²) in [7, 11) is 1.46. The van der Waals surface area contributed by atoms with Gasteiger partial charge in [0.15, 0.2) is 5.11 Å². The van der Waals surface area contributed by atoms with Crippen molar-refractivity contribution in [2.75, 3.05) is 12.0 Å². The van der Waals surface area contributed by atoms with Crippen molar-refractivity contribution in [2.45, 2.75) is 0 Å². The molecule has 146 valence electrons. The number of hydrogen-bond acceptors (Lipinski definition) is 6. The number of benzene rings is 2. The number of nitro groups is 1. The van der Waals surface area contributed by atoms with Crippen LogP contribution in [0.4, 0.5) is 11.4 Å². The smallest absolute Gasteiger partial charge is 0.276 e. The van der Waals surface area contributed by atoms with E-state index in [2.05, 4.69) is 5.32 Å². The van der Waals surface area contributed by atoms with Gasteiger partial charge in [0.05, 0.1) is 23.3 Å². The van der Waals surface area contributed by atoms with Crippen LogP contribution in [0.1, 0.15) is 5.56 Å². The number of anilines is 1. The van der Waals surface area contributed by atoms with Crippen LogP contribution in [0.15, 0.2) is 66.3 Å². The van der Waals surface area contributed by atoms with Crippen LogP contribution in [-0.4, -0.2) is 29.0 Å². The highest BCUT2D eigenvalue weighted by Gasteiger charge is 2.35. The second-order valence-electron chi connectivity index (χ2n) is 5.83. The average Bonchev–Trinajstić information content (AvgIpc) is 2.70. The Balaban J connectivity index is 1.95. The first-order chi connectivity index (χ1) is 13.9. The van der Waals surface area contributed by atoms with Crippen LogP contribution >= 0.6 is 12.2 Å². The molecule has 0 unspecified atom stereocenters. The van der Waals surface area contributed by atoms with E-state index >= 15 is 0 Å². The van der Waals surface area contributed by atoms with Gasteiger partial charge in [-0.3, -0.25) is 25.0 Å². The van der Waals surface area contributed by atoms with Crippen molar-refractivity contribution >= 4 is 46.6 Å². The molecule has 2 aromatic carbocycles. The van der Waals surface area contributed by atoms with Crippen molar-refractivity contribution in [3.05, 3.63) is 81.9 Å². The standard InChI is InChI=1S/C20H15N3O5S/c1-28-17-12-5-4-11-16(17)22-19(25)14(18(24)21-20(22)29)9-6-8-13-7-2-3-10-15(13)23(26)27/h2-12H,1H3,(H,21,24,29)/b8-6+,14-9+. The highest BCUT2D eigenvalue weighted by molar-refractivity contribution is 7.80. The molecule has 0 atom stereocenters. The van der Waals surface area contributed by atoms with Gasteiger partial charge >= 0.3 is 0 Å². The van der Waals surface area contributed by atoms with E-state index in [-0.39, 0.29) is 16.4 Å². The molecule has 1 fully saturated rings. The molecule has 1 N–H and O–H groups in total. The number of ether oxygens (including phenoxy) is 1. The molecule has 29 heavy (non-hydrogen) atoms. The van der Waals surface area contributed by atoms with Crippen LogP contribution in [0.2, 0.25) is 0 Å². The molecule has 2 aromatic rings. The number of nitrogens with one attached hydrogen (secondary N) is 1. The fourth-order valence-corrected chi connectivity index (χ4v) is 3.03. The largest absolute Gasteiger partial charge is 0.495 e. The minimum atomic E-state index is -0.654. The zero-order chi connectivity index (χ0) is 21.0. The van der Waals surface area contributed by atoms with Gasteiger partial charge in [0.2, 0.25) is 0 Å². The van der Waals surface area contributed by atoms with Crippen molar-refractivity contribution in [1.29, 1.82) is 0 Å². The molecule has 0 bridgehead atoms. The van der Waals surface area contributed by atoms with Crippen LogP contribution in [0.3, 0.4) is 0 Å². The van der Waals surface area contributed by atoms with E-state index < -0.39 is 16.7 Å². The molecular weight excluding hydrogens is 394 g/mol. The van der Waals surface area contributed by atoms with E-state index in [0.717, 1.165) is 0 Å². The van der Waals surface area contributed by atoms with Crippen LogP contribution in [0, 0.1) is 10.1 Å². The van der Waals surface area contributed by atoms with Crippen LogP contribution in [-0.2, 0) is 9.59 Å². The maximum Gasteiger partial charge on any atom is 0.276 e. The van der Waals surface area contributed by atoms with Crippen molar-refractivity contribution in [3.63, 3.8) is 0 Å². The quantitative estimate of drug-likeness (QED) is 0.268. The zero-order valence-corrected chi connectivity index (χ0v) is 16.0. The predicted molar refractivity (Wildman–Crippen MR) is 111 cm³/mol. The lowest BCUT2D eigenvalue weighted by atomic mass is 10.1. The number of carbonyl (C=O) groups is 2. The van der Waals surface area contributed by atoms with Gasteiger partial charge < -0.3 is 4.74 Å². The number of para-hydroxylation sites is 3. The van der Waals surface area contributed by atoms with Gasteiger partial charge in [0.1, 0.15) is 11.3 Å². The minimum Gasteiger partial charge on any atom is -0.495 e. The number of methoxy groups -OCH3 is 1. The van der Waals surface area contributed by atoms with Crippen LogP contribution in [0.25, 0.3) is 6.08 Å². The fourth-order valence-electron chi connectivity index (χ4n) is 2.75. The molecule has 0 spiro atoms. The maximum absolute atomic E-state index is 12.9. The first-order valence-electron chi connectivity index (χ1n) is 8.38. The lowest BCUT2D eigenvalue weighted by Gasteiger charge is -2.29. The highest BCUT2D eigenvalue weighted by atomic mass is 32.1. The van der Waals surface area contributed by atoms with Crippen molar-refractivity contribution < 1.29 is 19.2 Å². The summed E-state index contributed by atoms with van der Waals surface area (Å²) in [5.41, 5.74) is 0.478. The Morgan fingerprint density at radius 1 is 1.14 bits per heavy atom. The lowest BCUT2D eigenvalue weighted by molar-refractivity contribution is -0.385. The van der Waals surface area contributed by atoms with Gasteiger partial charge in [0.25, 0.3) is 17.5 Å². The van der Waals surface area contributed by atoms with Gasteiger partial charge in [-0.15, -0.1) is 0 Å². The van der Waals surface area contributed by atoms with E-state index in [9.17, 15) is 19.7 Å². The molecule has 0 aromatic heterocycles. The summed E-state index contributed by atoms with van der Waals surface area (Å²) < 4.78 is 5.27. The highest BCUT2D eigenvalue weighted by Crippen LogP contribution is 2.30. The first kappa shape index (κ1) is 19.9. The molecule has 1 saturated heterocycles. The summed E-state index contributed by atoms with van der Waals surface area (Å²) >= 11 is 5.16. The summed E-state index contributed by atoms with van der Waals surface area (Å²) in [5, 5.41) is 13.5. The number of rotatable bonds is 5. The fraction of sp³-hybridized carbons (Fsp3) is 0.0500. The third-order valence-corrected chi connectivity index (χ3v) is 4.38. The Labute approximate surface area is 171 Å². The number of thiocarbonyl (C=S) groups is 1. The summed E-state index contributed by atoms with van der Waals surface area (Å²) in [5.74, 6) is -0.872. The molecule has 0 saturated carbocycles. The second-order valence-corrected chi connectivity index (χ2v) is 6.21. The molecule has 3 rings (SSSR count). The van der Waals surface area contributed by atoms with Gasteiger partial charge in [0, 0.05) is 6.07 Å². The first-order valence-corrected chi connectivity index (χ1v) is 8.79. The number of nitro benzene ring substituents is 1. The average molecular weight is 409 g/mol. The molecule has 0 aliphatic carbocycles. The molecule has 1 heterocycles. The minimum absolute atomic E-state index is 0.0654. The van der Waals surface area contributed by atoms with Crippen molar-refractivity contribution in [1.82, 2.24) is 5.32 Å². The van der Waals surface area contributed by atoms with Gasteiger partial charge in [-0.05, 0) is 42.6 Å². The van der Waals surface area contributed by atoms with Crippen molar-refractivity contribution in [2.24, 2.45) is 0 Å². The molecule has 8 nitrogen and oxygen atoms in total. The Hall–Kier alpha value is -3.85. The number of allylic oxidation sites excluding steroid dienone is 2. The molecule has 1 aliphatic heterocycles. The number of hydrogen-bond donors (Lipinski definition) is 1. The molecule has 0 radical (unpaired) electrons. The number of nitrogens with zero attached hydrogens (tertiary/aromatic N) is 2. The number of amides is 2.